The van der Waals surface area contributed by atoms with E-state index in [0.29, 0.717) is 18.3 Å². The highest BCUT2D eigenvalue weighted by Crippen LogP contribution is 2.18. The van der Waals surface area contributed by atoms with Crippen molar-refractivity contribution in [3.63, 3.8) is 0 Å². The lowest BCUT2D eigenvalue weighted by Gasteiger charge is -2.22. The minimum absolute atomic E-state index is 0. The van der Waals surface area contributed by atoms with Crippen molar-refractivity contribution in [3.8, 4) is 5.88 Å². The molecule has 0 atom stereocenters. The van der Waals surface area contributed by atoms with Gasteiger partial charge < -0.3 is 15.0 Å². The Morgan fingerprint density at radius 1 is 1.28 bits per heavy atom. The molecule has 2 rings (SSSR count). The molecule has 0 spiro atoms. The second-order valence-electron chi connectivity index (χ2n) is 7.57. The molecule has 7 nitrogen and oxygen atoms in total. The standard InChI is InChI=1S/C21H34N6O.HI/c1-8-22-21(24-12-17-9-10-19(23-11-17)28-16(4)5)26(6)13-18-14-27(7)25-20(18)15(2)3;/h9-11,14-16H,8,12-13H2,1-7H3,(H,22,24);1H. The smallest absolute Gasteiger partial charge is 0.213 e. The first-order valence-electron chi connectivity index (χ1n) is 9.93. The van der Waals surface area contributed by atoms with Gasteiger partial charge in [-0.25, -0.2) is 9.98 Å². The van der Waals surface area contributed by atoms with E-state index in [4.69, 9.17) is 9.73 Å². The predicted molar refractivity (Wildman–Crippen MR) is 129 cm³/mol. The van der Waals surface area contributed by atoms with Crippen LogP contribution in [0.1, 0.15) is 57.4 Å². The quantitative estimate of drug-likeness (QED) is 0.329. The topological polar surface area (TPSA) is 67.6 Å². The molecule has 1 N–H and O–H groups in total. The van der Waals surface area contributed by atoms with Crippen LogP contribution in [0.15, 0.2) is 29.5 Å². The Bertz CT molecular complexity index is 770. The summed E-state index contributed by atoms with van der Waals surface area (Å²) in [7, 11) is 4.02. The molecular weight excluding hydrogens is 479 g/mol. The van der Waals surface area contributed by atoms with E-state index < -0.39 is 0 Å². The maximum Gasteiger partial charge on any atom is 0.213 e. The van der Waals surface area contributed by atoms with Crippen LogP contribution in [0.3, 0.4) is 0 Å². The molecule has 2 aromatic heterocycles. The summed E-state index contributed by atoms with van der Waals surface area (Å²) >= 11 is 0. The van der Waals surface area contributed by atoms with Crippen molar-refractivity contribution >= 4 is 29.9 Å². The van der Waals surface area contributed by atoms with Gasteiger partial charge in [-0.15, -0.1) is 24.0 Å². The van der Waals surface area contributed by atoms with Crippen molar-refractivity contribution in [1.29, 1.82) is 0 Å². The van der Waals surface area contributed by atoms with E-state index in [-0.39, 0.29) is 30.1 Å². The molecule has 0 saturated heterocycles. The summed E-state index contributed by atoms with van der Waals surface area (Å²) in [5.41, 5.74) is 3.40. The van der Waals surface area contributed by atoms with E-state index >= 15 is 0 Å². The van der Waals surface area contributed by atoms with Crippen LogP contribution in [0.2, 0.25) is 0 Å². The number of aliphatic imine (C=N–C) groups is 1. The number of rotatable bonds is 8. The molecular formula is C21H35IN6O. The number of nitrogens with zero attached hydrogens (tertiary/aromatic N) is 5. The van der Waals surface area contributed by atoms with Gasteiger partial charge in [0, 0.05) is 51.2 Å². The Kier molecular flexibility index (Phi) is 10.4. The van der Waals surface area contributed by atoms with E-state index in [2.05, 4.69) is 54.3 Å². The highest BCUT2D eigenvalue weighted by atomic mass is 127. The summed E-state index contributed by atoms with van der Waals surface area (Å²) in [5, 5.41) is 7.97. The van der Waals surface area contributed by atoms with Gasteiger partial charge in [-0.05, 0) is 32.3 Å². The molecule has 29 heavy (non-hydrogen) atoms. The molecule has 0 aromatic carbocycles. The van der Waals surface area contributed by atoms with Crippen LogP contribution in [0.4, 0.5) is 0 Å². The molecule has 0 unspecified atom stereocenters. The fraction of sp³-hybridized carbons (Fsp3) is 0.571. The summed E-state index contributed by atoms with van der Waals surface area (Å²) < 4.78 is 7.48. The van der Waals surface area contributed by atoms with Gasteiger partial charge in [0.2, 0.25) is 5.88 Å². The number of hydrogen-bond acceptors (Lipinski definition) is 4. The number of guanidine groups is 1. The van der Waals surface area contributed by atoms with Crippen molar-refractivity contribution in [2.45, 2.75) is 59.7 Å². The Morgan fingerprint density at radius 3 is 2.55 bits per heavy atom. The zero-order valence-electron chi connectivity index (χ0n) is 18.6. The highest BCUT2D eigenvalue weighted by molar-refractivity contribution is 14.0. The van der Waals surface area contributed by atoms with Gasteiger partial charge in [-0.1, -0.05) is 19.9 Å². The van der Waals surface area contributed by atoms with Gasteiger partial charge in [0.05, 0.1) is 18.3 Å². The average Bonchev–Trinajstić information content (AvgIpc) is 2.99. The van der Waals surface area contributed by atoms with Crippen molar-refractivity contribution in [3.05, 3.63) is 41.3 Å². The van der Waals surface area contributed by atoms with Crippen molar-refractivity contribution < 1.29 is 4.74 Å². The second kappa shape index (κ2) is 12.0. The van der Waals surface area contributed by atoms with E-state index in [1.54, 1.807) is 0 Å². The third kappa shape index (κ3) is 7.83. The van der Waals surface area contributed by atoms with Crippen LogP contribution in [-0.2, 0) is 20.1 Å². The molecule has 0 amide bonds. The van der Waals surface area contributed by atoms with Crippen LogP contribution in [-0.4, -0.2) is 45.3 Å². The van der Waals surface area contributed by atoms with E-state index in [0.717, 1.165) is 30.3 Å². The van der Waals surface area contributed by atoms with Gasteiger partial charge in [0.1, 0.15) is 0 Å². The van der Waals surface area contributed by atoms with Gasteiger partial charge >= 0.3 is 0 Å². The molecule has 0 aliphatic rings. The number of ether oxygens (including phenoxy) is 1. The number of pyridine rings is 1. The Balaban J connectivity index is 0.00000420. The number of aryl methyl sites for hydroxylation is 1. The van der Waals surface area contributed by atoms with Crippen LogP contribution < -0.4 is 10.1 Å². The molecule has 0 aliphatic heterocycles. The monoisotopic (exact) mass is 514 g/mol. The maximum absolute atomic E-state index is 5.59. The third-order valence-electron chi connectivity index (χ3n) is 4.15. The van der Waals surface area contributed by atoms with E-state index in [1.807, 2.05) is 43.9 Å². The summed E-state index contributed by atoms with van der Waals surface area (Å²) in [4.78, 5) is 11.3. The Morgan fingerprint density at radius 2 is 2.00 bits per heavy atom. The zero-order chi connectivity index (χ0) is 20.7. The number of hydrogen-bond donors (Lipinski definition) is 1. The molecule has 0 bridgehead atoms. The fourth-order valence-electron chi connectivity index (χ4n) is 2.94. The van der Waals surface area contributed by atoms with Gasteiger partial charge in [0.25, 0.3) is 0 Å². The van der Waals surface area contributed by atoms with Gasteiger partial charge in [-0.3, -0.25) is 4.68 Å². The lowest BCUT2D eigenvalue weighted by Crippen LogP contribution is -2.38. The van der Waals surface area contributed by atoms with Crippen molar-refractivity contribution in [2.75, 3.05) is 13.6 Å². The minimum Gasteiger partial charge on any atom is -0.475 e. The Hall–Kier alpha value is -1.84. The average molecular weight is 514 g/mol. The molecule has 2 heterocycles. The maximum atomic E-state index is 5.59. The molecule has 0 aliphatic carbocycles. The summed E-state index contributed by atoms with van der Waals surface area (Å²) in [5.74, 6) is 1.90. The first kappa shape index (κ1) is 25.2. The molecule has 162 valence electrons. The first-order chi connectivity index (χ1) is 13.3. The molecule has 8 heteroatoms. The summed E-state index contributed by atoms with van der Waals surface area (Å²) in [6, 6.07) is 3.90. The van der Waals surface area contributed by atoms with Crippen LogP contribution in [0.25, 0.3) is 0 Å². The lowest BCUT2D eigenvalue weighted by molar-refractivity contribution is 0.232. The van der Waals surface area contributed by atoms with Gasteiger partial charge in [-0.2, -0.15) is 5.10 Å². The second-order valence-corrected chi connectivity index (χ2v) is 7.57. The summed E-state index contributed by atoms with van der Waals surface area (Å²) in [6.45, 7) is 12.5. The molecule has 0 fully saturated rings. The normalized spacial score (nSPS) is 11.6. The highest BCUT2D eigenvalue weighted by Gasteiger charge is 2.15. The number of halogens is 1. The van der Waals surface area contributed by atoms with E-state index in [1.165, 1.54) is 5.56 Å². The zero-order valence-corrected chi connectivity index (χ0v) is 21.0. The predicted octanol–water partition coefficient (Wildman–Crippen LogP) is 3.94. The van der Waals surface area contributed by atoms with Crippen molar-refractivity contribution in [2.24, 2.45) is 12.0 Å². The number of nitrogens with one attached hydrogen (secondary N) is 1. The number of aromatic nitrogens is 3. The summed E-state index contributed by atoms with van der Waals surface area (Å²) in [6.07, 6.45) is 4.03. The van der Waals surface area contributed by atoms with Crippen molar-refractivity contribution in [1.82, 2.24) is 25.0 Å². The SMILES string of the molecule is CCNC(=NCc1ccc(OC(C)C)nc1)N(C)Cc1cn(C)nc1C(C)C.I. The molecule has 0 radical (unpaired) electrons. The van der Waals surface area contributed by atoms with E-state index in [9.17, 15) is 0 Å². The fourth-order valence-corrected chi connectivity index (χ4v) is 2.94. The Labute approximate surface area is 192 Å². The largest absolute Gasteiger partial charge is 0.475 e. The minimum atomic E-state index is 0. The third-order valence-corrected chi connectivity index (χ3v) is 4.15. The van der Waals surface area contributed by atoms with Crippen LogP contribution in [0, 0.1) is 0 Å². The van der Waals surface area contributed by atoms with Gasteiger partial charge in [0.15, 0.2) is 5.96 Å². The van der Waals surface area contributed by atoms with Crippen LogP contribution >= 0.6 is 24.0 Å². The van der Waals surface area contributed by atoms with Crippen LogP contribution in [0.5, 0.6) is 5.88 Å². The molecule has 2 aromatic rings. The molecule has 0 saturated carbocycles. The first-order valence-corrected chi connectivity index (χ1v) is 9.93. The lowest BCUT2D eigenvalue weighted by atomic mass is 10.1.